The van der Waals surface area contributed by atoms with Gasteiger partial charge in [-0.3, -0.25) is 0 Å². The number of hydrogen-bond donors (Lipinski definition) is 2. The summed E-state index contributed by atoms with van der Waals surface area (Å²) in [5.74, 6) is 0.926. The molecule has 0 aromatic heterocycles. The first kappa shape index (κ1) is 13.8. The Hall–Kier alpha value is -1.66. The van der Waals surface area contributed by atoms with Crippen LogP contribution in [0, 0.1) is 0 Å². The van der Waals surface area contributed by atoms with Gasteiger partial charge in [0.25, 0.3) is 0 Å². The summed E-state index contributed by atoms with van der Waals surface area (Å²) >= 11 is 6.12. The highest BCUT2D eigenvalue weighted by molar-refractivity contribution is 6.32. The molecule has 19 heavy (non-hydrogen) atoms. The minimum atomic E-state index is -0.440. The van der Waals surface area contributed by atoms with Gasteiger partial charge in [-0.1, -0.05) is 11.6 Å². The summed E-state index contributed by atoms with van der Waals surface area (Å²) in [5.41, 5.74) is 6.41. The fourth-order valence-corrected chi connectivity index (χ4v) is 2.02. The number of methoxy groups -OCH3 is 1. The molecule has 0 saturated carbocycles. The van der Waals surface area contributed by atoms with Crippen LogP contribution in [0.3, 0.4) is 0 Å². The zero-order valence-electron chi connectivity index (χ0n) is 10.4. The molecule has 0 radical (unpaired) electrons. The van der Waals surface area contributed by atoms with Crippen molar-refractivity contribution in [2.24, 2.45) is 5.73 Å². The van der Waals surface area contributed by atoms with Gasteiger partial charge in [-0.25, -0.2) is 4.79 Å². The van der Waals surface area contributed by atoms with E-state index < -0.39 is 6.09 Å². The van der Waals surface area contributed by atoms with Gasteiger partial charge >= 0.3 is 6.09 Å². The fourth-order valence-electron chi connectivity index (χ4n) is 1.73. The molecule has 1 aromatic rings. The number of nitrogens with two attached hydrogens (primary N) is 1. The molecular weight excluding hydrogens is 272 g/mol. The second kappa shape index (κ2) is 5.99. The number of ether oxygens (including phenoxy) is 3. The normalized spacial score (nSPS) is 17.8. The van der Waals surface area contributed by atoms with Crippen molar-refractivity contribution in [2.45, 2.75) is 12.6 Å². The second-order valence-electron chi connectivity index (χ2n) is 4.03. The largest absolute Gasteiger partial charge is 0.493 e. The number of amides is 1. The highest BCUT2D eigenvalue weighted by atomic mass is 35.5. The molecule has 1 fully saturated rings. The first-order valence-electron chi connectivity index (χ1n) is 5.77. The number of rotatable bonds is 5. The van der Waals surface area contributed by atoms with Gasteiger partial charge in [0.2, 0.25) is 0 Å². The number of carbonyl (C=O) groups excluding carboxylic acids is 1. The van der Waals surface area contributed by atoms with E-state index in [1.165, 1.54) is 7.11 Å². The topological polar surface area (TPSA) is 82.8 Å². The summed E-state index contributed by atoms with van der Waals surface area (Å²) in [6, 6.07) is 3.48. The monoisotopic (exact) mass is 286 g/mol. The van der Waals surface area contributed by atoms with Crippen LogP contribution < -0.4 is 20.5 Å². The zero-order valence-corrected chi connectivity index (χ0v) is 11.2. The van der Waals surface area contributed by atoms with E-state index in [-0.39, 0.29) is 12.7 Å². The molecule has 1 unspecified atom stereocenters. The van der Waals surface area contributed by atoms with Crippen LogP contribution in [0.25, 0.3) is 0 Å². The average Bonchev–Trinajstić information content (AvgIpc) is 2.82. The van der Waals surface area contributed by atoms with E-state index in [2.05, 4.69) is 5.32 Å². The lowest BCUT2D eigenvalue weighted by Crippen LogP contribution is -2.22. The van der Waals surface area contributed by atoms with E-state index in [0.29, 0.717) is 29.6 Å². The number of cyclic esters (lactones) is 1. The minimum absolute atomic E-state index is 0.205. The van der Waals surface area contributed by atoms with Crippen molar-refractivity contribution in [3.8, 4) is 11.5 Å². The molecule has 1 heterocycles. The van der Waals surface area contributed by atoms with E-state index >= 15 is 0 Å². The molecule has 1 saturated heterocycles. The van der Waals surface area contributed by atoms with Crippen molar-refractivity contribution in [3.05, 3.63) is 22.7 Å². The Labute approximate surface area is 115 Å². The first-order chi connectivity index (χ1) is 9.13. The molecule has 1 atom stereocenters. The summed E-state index contributed by atoms with van der Waals surface area (Å²) in [7, 11) is 1.52. The molecule has 0 spiro atoms. The molecule has 3 N–H and O–H groups in total. The molecule has 1 aromatic carbocycles. The molecule has 6 nitrogen and oxygen atoms in total. The number of halogens is 1. The summed E-state index contributed by atoms with van der Waals surface area (Å²) in [4.78, 5) is 10.9. The third-order valence-electron chi connectivity index (χ3n) is 2.69. The first-order valence-corrected chi connectivity index (χ1v) is 6.15. The zero-order chi connectivity index (χ0) is 13.8. The van der Waals surface area contributed by atoms with Crippen LogP contribution in [0.15, 0.2) is 12.1 Å². The maximum absolute atomic E-state index is 10.9. The van der Waals surface area contributed by atoms with E-state index in [4.69, 9.17) is 31.5 Å². The van der Waals surface area contributed by atoms with E-state index in [1.54, 1.807) is 12.1 Å². The summed E-state index contributed by atoms with van der Waals surface area (Å²) in [5, 5.41) is 2.96. The van der Waals surface area contributed by atoms with Gasteiger partial charge in [0.1, 0.15) is 6.61 Å². The summed E-state index contributed by atoms with van der Waals surface area (Å²) in [6.07, 6.45) is -0.771. The van der Waals surface area contributed by atoms with E-state index in [1.807, 2.05) is 0 Å². The fraction of sp³-hybridized carbons (Fsp3) is 0.417. The Balaban J connectivity index is 2.08. The predicted octanol–water partition coefficient (Wildman–Crippen LogP) is 1.29. The van der Waals surface area contributed by atoms with Gasteiger partial charge < -0.3 is 25.3 Å². The summed E-state index contributed by atoms with van der Waals surface area (Å²) < 4.78 is 15.8. The predicted molar refractivity (Wildman–Crippen MR) is 69.7 cm³/mol. The maximum atomic E-state index is 10.9. The maximum Gasteiger partial charge on any atom is 0.407 e. The minimum Gasteiger partial charge on any atom is -0.493 e. The second-order valence-corrected chi connectivity index (χ2v) is 4.44. The van der Waals surface area contributed by atoms with Crippen LogP contribution in [0.5, 0.6) is 11.5 Å². The Morgan fingerprint density at radius 1 is 1.58 bits per heavy atom. The molecule has 2 rings (SSSR count). The molecular formula is C12H15ClN2O4. The van der Waals surface area contributed by atoms with Gasteiger partial charge in [-0.2, -0.15) is 0 Å². The lowest BCUT2D eigenvalue weighted by Gasteiger charge is -2.15. The molecule has 1 amide bonds. The lowest BCUT2D eigenvalue weighted by atomic mass is 10.2. The van der Waals surface area contributed by atoms with Gasteiger partial charge in [-0.05, 0) is 17.7 Å². The third kappa shape index (κ3) is 3.21. The average molecular weight is 287 g/mol. The molecule has 1 aliphatic rings. The van der Waals surface area contributed by atoms with Crippen molar-refractivity contribution in [3.63, 3.8) is 0 Å². The Morgan fingerprint density at radius 2 is 2.37 bits per heavy atom. The number of hydrogen-bond acceptors (Lipinski definition) is 5. The van der Waals surface area contributed by atoms with E-state index in [9.17, 15) is 4.79 Å². The molecule has 1 aliphatic heterocycles. The third-order valence-corrected chi connectivity index (χ3v) is 2.97. The standard InChI is InChI=1S/C12H15ClN2O4/c1-17-10-3-7(4-14)2-9(13)11(10)18-6-8-5-15-12(16)19-8/h2-3,8H,4-6,14H2,1H3,(H,15,16). The van der Waals surface area contributed by atoms with Crippen LogP contribution in [0.2, 0.25) is 5.02 Å². The van der Waals surface area contributed by atoms with Gasteiger partial charge in [-0.15, -0.1) is 0 Å². The van der Waals surface area contributed by atoms with Crippen molar-refractivity contribution in [1.82, 2.24) is 5.32 Å². The Kier molecular flexibility index (Phi) is 4.34. The van der Waals surface area contributed by atoms with Crippen LogP contribution in [0.1, 0.15) is 5.56 Å². The SMILES string of the molecule is COc1cc(CN)cc(Cl)c1OCC1CNC(=O)O1. The number of nitrogens with one attached hydrogen (secondary N) is 1. The highest BCUT2D eigenvalue weighted by Crippen LogP contribution is 2.36. The van der Waals surface area contributed by atoms with Crippen LogP contribution in [-0.2, 0) is 11.3 Å². The van der Waals surface area contributed by atoms with Gasteiger partial charge in [0.15, 0.2) is 17.6 Å². The Bertz CT molecular complexity index is 481. The molecule has 104 valence electrons. The quantitative estimate of drug-likeness (QED) is 0.852. The lowest BCUT2D eigenvalue weighted by molar-refractivity contribution is 0.103. The number of benzene rings is 1. The highest BCUT2D eigenvalue weighted by Gasteiger charge is 2.24. The van der Waals surface area contributed by atoms with Crippen molar-refractivity contribution >= 4 is 17.7 Å². The smallest absolute Gasteiger partial charge is 0.407 e. The van der Waals surface area contributed by atoms with Crippen molar-refractivity contribution in [2.75, 3.05) is 20.3 Å². The van der Waals surface area contributed by atoms with E-state index in [0.717, 1.165) is 5.56 Å². The molecule has 0 bridgehead atoms. The molecule has 0 aliphatic carbocycles. The van der Waals surface area contributed by atoms with Gasteiger partial charge in [0, 0.05) is 6.54 Å². The van der Waals surface area contributed by atoms with Crippen LogP contribution in [-0.4, -0.2) is 32.5 Å². The van der Waals surface area contributed by atoms with Gasteiger partial charge in [0.05, 0.1) is 18.7 Å². The molecule has 7 heteroatoms. The Morgan fingerprint density at radius 3 is 2.95 bits per heavy atom. The van der Waals surface area contributed by atoms with Crippen LogP contribution >= 0.6 is 11.6 Å². The number of alkyl carbamates (subject to hydrolysis) is 1. The van der Waals surface area contributed by atoms with Crippen LogP contribution in [0.4, 0.5) is 4.79 Å². The van der Waals surface area contributed by atoms with Crippen molar-refractivity contribution < 1.29 is 19.0 Å². The van der Waals surface area contributed by atoms with Crippen molar-refractivity contribution in [1.29, 1.82) is 0 Å². The number of carbonyl (C=O) groups is 1. The summed E-state index contributed by atoms with van der Waals surface area (Å²) in [6.45, 7) is 0.983.